The highest BCUT2D eigenvalue weighted by Crippen LogP contribution is 2.12. The lowest BCUT2D eigenvalue weighted by molar-refractivity contribution is 0.886. The van der Waals surface area contributed by atoms with Gasteiger partial charge in [0.25, 0.3) is 0 Å². The van der Waals surface area contributed by atoms with Crippen LogP contribution in [0.5, 0.6) is 0 Å². The molecule has 0 amide bonds. The van der Waals surface area contributed by atoms with Crippen LogP contribution in [0.2, 0.25) is 19.1 Å². The lowest BCUT2D eigenvalue weighted by atomic mass is 10.4. The molecule has 2 heteroatoms. The second-order valence-corrected chi connectivity index (χ2v) is 8.72. The third kappa shape index (κ3) is 6.65. The molecule has 0 saturated carbocycles. The van der Waals surface area contributed by atoms with Crippen LogP contribution >= 0.6 is 15.9 Å². The second kappa shape index (κ2) is 5.85. The molecule has 0 fully saturated rings. The zero-order valence-electron chi connectivity index (χ0n) is 7.71. The van der Waals surface area contributed by atoms with Crippen LogP contribution in [0.4, 0.5) is 0 Å². The van der Waals surface area contributed by atoms with Crippen LogP contribution in [0, 0.1) is 11.5 Å². The molecule has 0 aliphatic carbocycles. The first-order chi connectivity index (χ1) is 5.12. The summed E-state index contributed by atoms with van der Waals surface area (Å²) in [5.74, 6) is 3.03. The first-order valence-corrected chi connectivity index (χ1v) is 8.45. The minimum atomic E-state index is -1.12. The van der Waals surface area contributed by atoms with Gasteiger partial charge in [-0.3, -0.25) is 0 Å². The Morgan fingerprint density at radius 1 is 1.27 bits per heavy atom. The molecule has 0 saturated heterocycles. The zero-order valence-corrected chi connectivity index (χ0v) is 10.3. The molecule has 0 aliphatic heterocycles. The summed E-state index contributed by atoms with van der Waals surface area (Å²) < 4.78 is 0. The Hall–Kier alpha value is 0.257. The van der Waals surface area contributed by atoms with Crippen LogP contribution < -0.4 is 0 Å². The molecule has 0 rings (SSSR count). The molecule has 0 radical (unpaired) electrons. The summed E-state index contributed by atoms with van der Waals surface area (Å²) in [5.41, 5.74) is 3.35. The van der Waals surface area contributed by atoms with Crippen LogP contribution in [0.1, 0.15) is 19.8 Å². The Labute approximate surface area is 79.9 Å². The molecule has 0 N–H and O–H groups in total. The van der Waals surface area contributed by atoms with E-state index in [2.05, 4.69) is 40.5 Å². The van der Waals surface area contributed by atoms with Crippen LogP contribution in [0.15, 0.2) is 0 Å². The summed E-state index contributed by atoms with van der Waals surface area (Å²) in [7, 11) is -1.12. The second-order valence-electron chi connectivity index (χ2n) is 3.40. The van der Waals surface area contributed by atoms with Gasteiger partial charge in [-0.05, 0) is 19.4 Å². The number of rotatable bonds is 4. The summed E-state index contributed by atoms with van der Waals surface area (Å²) in [5, 5.41) is 1.14. The van der Waals surface area contributed by atoms with Gasteiger partial charge in [-0.1, -0.05) is 35.4 Å². The first kappa shape index (κ1) is 11.3. The largest absolute Gasteiger partial charge is 0.132 e. The fourth-order valence-corrected chi connectivity index (χ4v) is 3.39. The highest BCUT2D eigenvalue weighted by Gasteiger charge is 2.16. The van der Waals surface area contributed by atoms with E-state index in [0.717, 1.165) is 5.33 Å². The average Bonchev–Trinajstić information content (AvgIpc) is 1.87. The number of halogens is 1. The van der Waals surface area contributed by atoms with Crippen molar-refractivity contribution in [3.63, 3.8) is 0 Å². The molecular formula is C9H17BrSi. The fourth-order valence-electron chi connectivity index (χ4n) is 1.06. The lowest BCUT2D eigenvalue weighted by Gasteiger charge is -2.13. The normalized spacial score (nSPS) is 10.5. The van der Waals surface area contributed by atoms with Gasteiger partial charge in [-0.15, -0.1) is 11.5 Å². The monoisotopic (exact) mass is 232 g/mol. The van der Waals surface area contributed by atoms with Crippen molar-refractivity contribution in [2.24, 2.45) is 0 Å². The molecule has 0 aromatic heterocycles. The molecular weight excluding hydrogens is 216 g/mol. The van der Waals surface area contributed by atoms with Crippen molar-refractivity contribution < 1.29 is 0 Å². The molecule has 0 unspecified atom stereocenters. The predicted octanol–water partition coefficient (Wildman–Crippen LogP) is 3.43. The minimum absolute atomic E-state index is 1.12. The van der Waals surface area contributed by atoms with Gasteiger partial charge < -0.3 is 0 Å². The van der Waals surface area contributed by atoms with Gasteiger partial charge >= 0.3 is 0 Å². The van der Waals surface area contributed by atoms with E-state index in [0.29, 0.717) is 0 Å². The molecule has 0 spiro atoms. The Balaban J connectivity index is 3.61. The highest BCUT2D eigenvalue weighted by molar-refractivity contribution is 9.09. The minimum Gasteiger partial charge on any atom is -0.132 e. The van der Waals surface area contributed by atoms with Crippen molar-refractivity contribution in [1.29, 1.82) is 0 Å². The van der Waals surface area contributed by atoms with Crippen LogP contribution in [0.25, 0.3) is 0 Å². The first-order valence-electron chi connectivity index (χ1n) is 4.12. The number of alkyl halides is 1. The molecule has 0 heterocycles. The summed E-state index contributed by atoms with van der Waals surface area (Å²) in [6.07, 6.45) is 2.63. The van der Waals surface area contributed by atoms with Crippen molar-refractivity contribution in [2.45, 2.75) is 38.9 Å². The van der Waals surface area contributed by atoms with E-state index in [1.165, 1.54) is 18.9 Å². The van der Waals surface area contributed by atoms with E-state index >= 15 is 0 Å². The molecule has 0 aromatic rings. The lowest BCUT2D eigenvalue weighted by Crippen LogP contribution is -2.22. The number of unbranched alkanes of at least 4 members (excludes halogenated alkanes) is 1. The van der Waals surface area contributed by atoms with Gasteiger partial charge in [0.1, 0.15) is 8.07 Å². The molecule has 64 valence electrons. The maximum absolute atomic E-state index is 3.44. The summed E-state index contributed by atoms with van der Waals surface area (Å²) in [4.78, 5) is 0. The topological polar surface area (TPSA) is 0 Å². The molecule has 0 nitrogen and oxygen atoms in total. The van der Waals surface area contributed by atoms with E-state index in [4.69, 9.17) is 0 Å². The van der Waals surface area contributed by atoms with E-state index in [1.807, 2.05) is 6.92 Å². The standard InChI is InChI=1S/C9H17BrSi/c1-4-8-11(2,3)9-6-5-7-10/h5-7,9H2,1-3H3. The molecule has 0 bridgehead atoms. The quantitative estimate of drug-likeness (QED) is 0.302. The Bertz CT molecular complexity index is 153. The molecule has 11 heavy (non-hydrogen) atoms. The third-order valence-electron chi connectivity index (χ3n) is 1.65. The maximum Gasteiger partial charge on any atom is 0.132 e. The third-order valence-corrected chi connectivity index (χ3v) is 4.74. The van der Waals surface area contributed by atoms with E-state index < -0.39 is 8.07 Å². The fraction of sp³-hybridized carbons (Fsp3) is 0.778. The SMILES string of the molecule is CC#C[Si](C)(C)CCCCBr. The van der Waals surface area contributed by atoms with E-state index in [9.17, 15) is 0 Å². The highest BCUT2D eigenvalue weighted by atomic mass is 79.9. The van der Waals surface area contributed by atoms with Crippen molar-refractivity contribution in [2.75, 3.05) is 5.33 Å². The van der Waals surface area contributed by atoms with Crippen molar-refractivity contribution >= 4 is 24.0 Å². The zero-order chi connectivity index (χ0) is 8.74. The smallest absolute Gasteiger partial charge is 0.132 e. The van der Waals surface area contributed by atoms with Gasteiger partial charge in [-0.25, -0.2) is 0 Å². The Kier molecular flexibility index (Phi) is 5.99. The average molecular weight is 233 g/mol. The summed E-state index contributed by atoms with van der Waals surface area (Å²) in [6.45, 7) is 6.63. The van der Waals surface area contributed by atoms with Gasteiger partial charge in [0.05, 0.1) is 0 Å². The van der Waals surface area contributed by atoms with E-state index in [-0.39, 0.29) is 0 Å². The van der Waals surface area contributed by atoms with Gasteiger partial charge in [0, 0.05) is 5.33 Å². The van der Waals surface area contributed by atoms with Crippen molar-refractivity contribution in [3.05, 3.63) is 0 Å². The number of hydrogen-bond acceptors (Lipinski definition) is 0. The Morgan fingerprint density at radius 2 is 1.91 bits per heavy atom. The van der Waals surface area contributed by atoms with Gasteiger partial charge in [0.15, 0.2) is 0 Å². The molecule has 0 aliphatic rings. The Morgan fingerprint density at radius 3 is 2.36 bits per heavy atom. The molecule has 0 aromatic carbocycles. The number of hydrogen-bond donors (Lipinski definition) is 0. The maximum atomic E-state index is 3.44. The summed E-state index contributed by atoms with van der Waals surface area (Å²) >= 11 is 3.44. The van der Waals surface area contributed by atoms with Crippen molar-refractivity contribution in [3.8, 4) is 11.5 Å². The van der Waals surface area contributed by atoms with Crippen LogP contribution in [-0.2, 0) is 0 Å². The summed E-state index contributed by atoms with van der Waals surface area (Å²) in [6, 6.07) is 1.35. The van der Waals surface area contributed by atoms with E-state index in [1.54, 1.807) is 0 Å². The van der Waals surface area contributed by atoms with Crippen LogP contribution in [-0.4, -0.2) is 13.4 Å². The van der Waals surface area contributed by atoms with Crippen LogP contribution in [0.3, 0.4) is 0 Å². The predicted molar refractivity (Wildman–Crippen MR) is 58.8 cm³/mol. The van der Waals surface area contributed by atoms with Crippen molar-refractivity contribution in [1.82, 2.24) is 0 Å². The van der Waals surface area contributed by atoms with Gasteiger partial charge in [0.2, 0.25) is 0 Å². The van der Waals surface area contributed by atoms with Gasteiger partial charge in [-0.2, -0.15) is 0 Å². The molecule has 0 atom stereocenters.